The summed E-state index contributed by atoms with van der Waals surface area (Å²) in [4.78, 5) is 21.6. The molecule has 0 saturated carbocycles. The van der Waals surface area contributed by atoms with E-state index in [1.165, 1.54) is 6.33 Å². The Hall–Kier alpha value is -4.13. The van der Waals surface area contributed by atoms with Crippen LogP contribution in [0.25, 0.3) is 33.9 Å². The Balaban J connectivity index is 1.59. The SMILES string of the molecule is CC(C)(C)c1ccc(C(=O)Nc2ncnc3oc(-c4ccco4)c(-c4ccco4)c23)cc1. The molecule has 0 spiro atoms. The molecule has 7 nitrogen and oxygen atoms in total. The topological polar surface area (TPSA) is 94.3 Å². The first-order chi connectivity index (χ1) is 15.4. The normalized spacial score (nSPS) is 11.7. The molecule has 0 unspecified atom stereocenters. The highest BCUT2D eigenvalue weighted by atomic mass is 16.4. The second kappa shape index (κ2) is 7.53. The van der Waals surface area contributed by atoms with Crippen molar-refractivity contribution in [1.29, 1.82) is 0 Å². The first-order valence-corrected chi connectivity index (χ1v) is 10.2. The Morgan fingerprint density at radius 1 is 0.906 bits per heavy atom. The molecular formula is C25H21N3O4. The van der Waals surface area contributed by atoms with Gasteiger partial charge in [0.25, 0.3) is 5.91 Å². The molecule has 0 aliphatic heterocycles. The molecule has 0 fully saturated rings. The van der Waals surface area contributed by atoms with Crippen molar-refractivity contribution in [2.24, 2.45) is 0 Å². The molecule has 7 heteroatoms. The molecule has 0 aliphatic rings. The summed E-state index contributed by atoms with van der Waals surface area (Å²) in [5.41, 5.74) is 2.61. The second-order valence-corrected chi connectivity index (χ2v) is 8.44. The fourth-order valence-electron chi connectivity index (χ4n) is 3.57. The van der Waals surface area contributed by atoms with Gasteiger partial charge in [-0.1, -0.05) is 32.9 Å². The summed E-state index contributed by atoms with van der Waals surface area (Å²) in [7, 11) is 0. The largest absolute Gasteiger partial charge is 0.464 e. The highest BCUT2D eigenvalue weighted by molar-refractivity contribution is 6.11. The van der Waals surface area contributed by atoms with Gasteiger partial charge in [0.15, 0.2) is 11.5 Å². The average molecular weight is 427 g/mol. The number of carbonyl (C=O) groups excluding carboxylic acids is 1. The van der Waals surface area contributed by atoms with Crippen LogP contribution < -0.4 is 5.32 Å². The standard InChI is InChI=1S/C25H21N3O4/c1-25(2,3)16-10-8-15(9-11-16)23(29)28-22-20-19(17-6-4-12-30-17)21(18-7-5-13-31-18)32-24(20)27-14-26-22/h4-14H,1-3H3,(H,26,27,28,29). The smallest absolute Gasteiger partial charge is 0.256 e. The zero-order chi connectivity index (χ0) is 22.3. The molecule has 0 saturated heterocycles. The summed E-state index contributed by atoms with van der Waals surface area (Å²) in [5.74, 6) is 1.56. The first-order valence-electron chi connectivity index (χ1n) is 10.2. The summed E-state index contributed by atoms with van der Waals surface area (Å²) in [5, 5.41) is 3.43. The maximum Gasteiger partial charge on any atom is 0.256 e. The average Bonchev–Trinajstić information content (AvgIpc) is 3.53. The molecule has 0 bridgehead atoms. The second-order valence-electron chi connectivity index (χ2n) is 8.44. The highest BCUT2D eigenvalue weighted by Gasteiger charge is 2.26. The summed E-state index contributed by atoms with van der Waals surface area (Å²) in [6, 6.07) is 14.7. The Morgan fingerprint density at radius 2 is 1.59 bits per heavy atom. The molecule has 4 aromatic heterocycles. The number of anilines is 1. The van der Waals surface area contributed by atoms with Crippen molar-refractivity contribution in [2.75, 3.05) is 5.32 Å². The van der Waals surface area contributed by atoms with E-state index in [0.717, 1.165) is 5.56 Å². The van der Waals surface area contributed by atoms with Crippen LogP contribution in [-0.4, -0.2) is 15.9 Å². The van der Waals surface area contributed by atoms with Crippen molar-refractivity contribution in [3.05, 3.63) is 78.5 Å². The molecule has 0 aliphatic carbocycles. The molecule has 0 atom stereocenters. The molecule has 1 N–H and O–H groups in total. The summed E-state index contributed by atoms with van der Waals surface area (Å²) in [6.07, 6.45) is 4.48. The first kappa shape index (κ1) is 19.8. The van der Waals surface area contributed by atoms with Crippen LogP contribution in [0, 0.1) is 0 Å². The summed E-state index contributed by atoms with van der Waals surface area (Å²) >= 11 is 0. The van der Waals surface area contributed by atoms with Crippen LogP contribution in [0.15, 0.2) is 80.6 Å². The monoisotopic (exact) mass is 427 g/mol. The van der Waals surface area contributed by atoms with E-state index in [1.807, 2.05) is 24.3 Å². The van der Waals surface area contributed by atoms with E-state index < -0.39 is 0 Å². The van der Waals surface area contributed by atoms with E-state index in [9.17, 15) is 4.79 Å². The molecular weight excluding hydrogens is 406 g/mol. The minimum absolute atomic E-state index is 0.00477. The molecule has 32 heavy (non-hydrogen) atoms. The van der Waals surface area contributed by atoms with E-state index in [-0.39, 0.29) is 11.3 Å². The van der Waals surface area contributed by atoms with Crippen molar-refractivity contribution in [3.63, 3.8) is 0 Å². The Bertz CT molecular complexity index is 1370. The van der Waals surface area contributed by atoms with Crippen molar-refractivity contribution >= 4 is 22.8 Å². The van der Waals surface area contributed by atoms with Gasteiger partial charge in [0.05, 0.1) is 23.5 Å². The highest BCUT2D eigenvalue weighted by Crippen LogP contribution is 2.42. The lowest BCUT2D eigenvalue weighted by atomic mass is 9.87. The van der Waals surface area contributed by atoms with Gasteiger partial charge >= 0.3 is 0 Å². The third-order valence-electron chi connectivity index (χ3n) is 5.25. The van der Waals surface area contributed by atoms with Gasteiger partial charge in [0, 0.05) is 5.56 Å². The van der Waals surface area contributed by atoms with Gasteiger partial charge in [-0.2, -0.15) is 0 Å². The number of nitrogens with one attached hydrogen (secondary N) is 1. The van der Waals surface area contributed by atoms with Crippen LogP contribution in [0.5, 0.6) is 0 Å². The number of furan rings is 3. The van der Waals surface area contributed by atoms with Gasteiger partial charge in [-0.3, -0.25) is 4.79 Å². The number of benzene rings is 1. The minimum Gasteiger partial charge on any atom is -0.464 e. The third-order valence-corrected chi connectivity index (χ3v) is 5.25. The van der Waals surface area contributed by atoms with Gasteiger partial charge in [-0.25, -0.2) is 9.97 Å². The van der Waals surface area contributed by atoms with Crippen LogP contribution in [0.1, 0.15) is 36.7 Å². The molecule has 160 valence electrons. The lowest BCUT2D eigenvalue weighted by Crippen LogP contribution is -2.15. The van der Waals surface area contributed by atoms with Crippen LogP contribution in [0.2, 0.25) is 0 Å². The number of amides is 1. The quantitative estimate of drug-likeness (QED) is 0.362. The van der Waals surface area contributed by atoms with Gasteiger partial charge in [-0.05, 0) is 47.4 Å². The molecule has 0 radical (unpaired) electrons. The maximum atomic E-state index is 13.0. The maximum absolute atomic E-state index is 13.0. The number of hydrogen-bond donors (Lipinski definition) is 1. The number of aromatic nitrogens is 2. The van der Waals surface area contributed by atoms with Crippen molar-refractivity contribution in [3.8, 4) is 22.8 Å². The molecule has 1 aromatic carbocycles. The number of rotatable bonds is 4. The minimum atomic E-state index is -0.281. The number of fused-ring (bicyclic) bond motifs is 1. The Labute approximate surface area is 184 Å². The zero-order valence-corrected chi connectivity index (χ0v) is 17.9. The van der Waals surface area contributed by atoms with E-state index in [2.05, 4.69) is 36.1 Å². The molecule has 4 heterocycles. The predicted octanol–water partition coefficient (Wildman–Crippen LogP) is 6.29. The summed E-state index contributed by atoms with van der Waals surface area (Å²) < 4.78 is 17.2. The van der Waals surface area contributed by atoms with Crippen LogP contribution in [0.3, 0.4) is 0 Å². The van der Waals surface area contributed by atoms with Crippen LogP contribution >= 0.6 is 0 Å². The van der Waals surface area contributed by atoms with Crippen molar-refractivity contribution in [2.45, 2.75) is 26.2 Å². The lowest BCUT2D eigenvalue weighted by Gasteiger charge is -2.19. The van der Waals surface area contributed by atoms with E-state index in [1.54, 1.807) is 36.8 Å². The van der Waals surface area contributed by atoms with E-state index in [4.69, 9.17) is 13.3 Å². The lowest BCUT2D eigenvalue weighted by molar-refractivity contribution is 0.102. The summed E-state index contributed by atoms with van der Waals surface area (Å²) in [6.45, 7) is 6.39. The van der Waals surface area contributed by atoms with Crippen LogP contribution in [-0.2, 0) is 5.41 Å². The van der Waals surface area contributed by atoms with Gasteiger partial charge in [0.2, 0.25) is 5.71 Å². The number of hydrogen-bond acceptors (Lipinski definition) is 6. The fourth-order valence-corrected chi connectivity index (χ4v) is 3.57. The Morgan fingerprint density at radius 3 is 2.22 bits per heavy atom. The van der Waals surface area contributed by atoms with Crippen molar-refractivity contribution in [1.82, 2.24) is 9.97 Å². The van der Waals surface area contributed by atoms with Gasteiger partial charge < -0.3 is 18.6 Å². The number of nitrogens with zero attached hydrogens (tertiary/aromatic N) is 2. The Kier molecular flexibility index (Phi) is 4.66. The molecule has 5 aromatic rings. The molecule has 5 rings (SSSR count). The van der Waals surface area contributed by atoms with Crippen molar-refractivity contribution < 1.29 is 18.0 Å². The van der Waals surface area contributed by atoms with Crippen LogP contribution in [0.4, 0.5) is 5.82 Å². The molecule has 1 amide bonds. The predicted molar refractivity (Wildman–Crippen MR) is 120 cm³/mol. The number of carbonyl (C=O) groups is 1. The van der Waals surface area contributed by atoms with E-state index >= 15 is 0 Å². The van der Waals surface area contributed by atoms with Gasteiger partial charge in [0.1, 0.15) is 17.9 Å². The third kappa shape index (κ3) is 3.47. The van der Waals surface area contributed by atoms with E-state index in [0.29, 0.717) is 45.3 Å². The van der Waals surface area contributed by atoms with Gasteiger partial charge in [-0.15, -0.1) is 0 Å². The zero-order valence-electron chi connectivity index (χ0n) is 17.9. The fraction of sp³-hybridized carbons (Fsp3) is 0.160.